The molecule has 3 rings (SSSR count). The predicted octanol–water partition coefficient (Wildman–Crippen LogP) is 4.56. The first-order chi connectivity index (χ1) is 10.4. The second-order valence-corrected chi connectivity index (χ2v) is 5.07. The third kappa shape index (κ3) is 3.59. The zero-order chi connectivity index (χ0) is 14.5. The molecule has 3 aromatic carbocycles. The minimum atomic E-state index is 0. The predicted molar refractivity (Wildman–Crippen MR) is 94.7 cm³/mol. The van der Waals surface area contributed by atoms with Crippen molar-refractivity contribution in [1.82, 2.24) is 5.32 Å². The molecule has 0 aliphatic carbocycles. The van der Waals surface area contributed by atoms with Gasteiger partial charge in [0.15, 0.2) is 0 Å². The van der Waals surface area contributed by atoms with Crippen LogP contribution in [0.4, 0.5) is 0 Å². The van der Waals surface area contributed by atoms with Gasteiger partial charge in [0.25, 0.3) is 0 Å². The highest BCUT2D eigenvalue weighted by atomic mass is 35.5. The van der Waals surface area contributed by atoms with E-state index in [-0.39, 0.29) is 12.4 Å². The summed E-state index contributed by atoms with van der Waals surface area (Å²) in [6.45, 7) is 1.39. The number of nitrogens with one attached hydrogen (secondary N) is 1. The Morgan fingerprint density at radius 2 is 1.59 bits per heavy atom. The monoisotopic (exact) mass is 313 g/mol. The molecule has 0 radical (unpaired) electrons. The summed E-state index contributed by atoms with van der Waals surface area (Å²) in [5.74, 6) is 0.951. The molecule has 0 fully saturated rings. The first-order valence-electron chi connectivity index (χ1n) is 7.20. The van der Waals surface area contributed by atoms with Gasteiger partial charge in [0.2, 0.25) is 0 Å². The van der Waals surface area contributed by atoms with Gasteiger partial charge in [0.05, 0.1) is 0 Å². The van der Waals surface area contributed by atoms with Gasteiger partial charge in [-0.1, -0.05) is 60.7 Å². The van der Waals surface area contributed by atoms with Crippen molar-refractivity contribution in [2.45, 2.75) is 13.2 Å². The molecular formula is C19H20ClNO. The Kier molecular flexibility index (Phi) is 5.82. The molecule has 0 saturated heterocycles. The van der Waals surface area contributed by atoms with E-state index < -0.39 is 0 Å². The molecule has 1 N–H and O–H groups in total. The molecule has 0 spiro atoms. The van der Waals surface area contributed by atoms with Gasteiger partial charge in [-0.2, -0.15) is 0 Å². The second kappa shape index (κ2) is 7.83. The highest BCUT2D eigenvalue weighted by molar-refractivity contribution is 5.87. The molecule has 3 aromatic rings. The SMILES string of the molecule is CNCc1c(OCc2ccccc2)ccc2ccccc12.Cl. The van der Waals surface area contributed by atoms with Crippen LogP contribution in [-0.4, -0.2) is 7.05 Å². The summed E-state index contributed by atoms with van der Waals surface area (Å²) < 4.78 is 6.04. The van der Waals surface area contributed by atoms with Crippen LogP contribution < -0.4 is 10.1 Å². The van der Waals surface area contributed by atoms with E-state index in [1.54, 1.807) is 0 Å². The number of halogens is 1. The van der Waals surface area contributed by atoms with Crippen LogP contribution >= 0.6 is 12.4 Å². The number of hydrogen-bond donors (Lipinski definition) is 1. The van der Waals surface area contributed by atoms with E-state index in [1.165, 1.54) is 21.9 Å². The number of ether oxygens (including phenoxy) is 1. The van der Waals surface area contributed by atoms with Crippen molar-refractivity contribution >= 4 is 23.2 Å². The van der Waals surface area contributed by atoms with Crippen LogP contribution in [0.25, 0.3) is 10.8 Å². The largest absolute Gasteiger partial charge is 0.489 e. The molecule has 0 aliphatic rings. The first kappa shape index (κ1) is 16.3. The average molecular weight is 314 g/mol. The van der Waals surface area contributed by atoms with Gasteiger partial charge >= 0.3 is 0 Å². The third-order valence-corrected chi connectivity index (χ3v) is 3.59. The molecule has 0 aliphatic heterocycles. The summed E-state index contributed by atoms with van der Waals surface area (Å²) in [6, 6.07) is 22.9. The van der Waals surface area contributed by atoms with Crippen LogP contribution in [-0.2, 0) is 13.2 Å². The maximum Gasteiger partial charge on any atom is 0.124 e. The maximum absolute atomic E-state index is 6.04. The van der Waals surface area contributed by atoms with E-state index in [9.17, 15) is 0 Å². The van der Waals surface area contributed by atoms with Crippen LogP contribution in [0.5, 0.6) is 5.75 Å². The van der Waals surface area contributed by atoms with E-state index in [2.05, 4.69) is 53.8 Å². The Balaban J connectivity index is 0.00000176. The minimum Gasteiger partial charge on any atom is -0.489 e. The van der Waals surface area contributed by atoms with E-state index in [1.807, 2.05) is 25.2 Å². The summed E-state index contributed by atoms with van der Waals surface area (Å²) >= 11 is 0. The average Bonchev–Trinajstić information content (AvgIpc) is 2.55. The molecule has 0 bridgehead atoms. The molecular weight excluding hydrogens is 294 g/mol. The van der Waals surface area contributed by atoms with Crippen molar-refractivity contribution < 1.29 is 4.74 Å². The standard InChI is InChI=1S/C19H19NO.ClH/c1-20-13-18-17-10-6-5-9-16(17)11-12-19(18)21-14-15-7-3-2-4-8-15;/h2-12,20H,13-14H2,1H3;1H. The fourth-order valence-electron chi connectivity index (χ4n) is 2.55. The van der Waals surface area contributed by atoms with Crippen molar-refractivity contribution in [3.8, 4) is 5.75 Å². The smallest absolute Gasteiger partial charge is 0.124 e. The van der Waals surface area contributed by atoms with E-state index in [0.29, 0.717) is 6.61 Å². The lowest BCUT2D eigenvalue weighted by atomic mass is 10.0. The van der Waals surface area contributed by atoms with Crippen LogP contribution in [0, 0.1) is 0 Å². The first-order valence-corrected chi connectivity index (χ1v) is 7.20. The van der Waals surface area contributed by atoms with Gasteiger partial charge in [-0.05, 0) is 29.4 Å². The summed E-state index contributed by atoms with van der Waals surface area (Å²) in [6.07, 6.45) is 0. The van der Waals surface area contributed by atoms with E-state index in [4.69, 9.17) is 4.74 Å². The summed E-state index contributed by atoms with van der Waals surface area (Å²) in [4.78, 5) is 0. The van der Waals surface area contributed by atoms with Crippen LogP contribution in [0.15, 0.2) is 66.7 Å². The molecule has 0 saturated carbocycles. The van der Waals surface area contributed by atoms with Crippen molar-refractivity contribution in [2.24, 2.45) is 0 Å². The molecule has 114 valence electrons. The highest BCUT2D eigenvalue weighted by Crippen LogP contribution is 2.28. The van der Waals surface area contributed by atoms with Crippen LogP contribution in [0.2, 0.25) is 0 Å². The minimum absolute atomic E-state index is 0. The second-order valence-electron chi connectivity index (χ2n) is 5.07. The lowest BCUT2D eigenvalue weighted by Gasteiger charge is -2.14. The summed E-state index contributed by atoms with van der Waals surface area (Å²) in [5, 5.41) is 5.73. The maximum atomic E-state index is 6.04. The number of fused-ring (bicyclic) bond motifs is 1. The molecule has 0 atom stereocenters. The van der Waals surface area contributed by atoms with Gasteiger partial charge in [-0.25, -0.2) is 0 Å². The Bertz CT molecular complexity index is 728. The summed E-state index contributed by atoms with van der Waals surface area (Å²) in [7, 11) is 1.96. The molecule has 22 heavy (non-hydrogen) atoms. The van der Waals surface area contributed by atoms with Gasteiger partial charge < -0.3 is 10.1 Å². The van der Waals surface area contributed by atoms with Gasteiger partial charge in [0.1, 0.15) is 12.4 Å². The summed E-state index contributed by atoms with van der Waals surface area (Å²) in [5.41, 5.74) is 2.40. The van der Waals surface area contributed by atoms with Gasteiger partial charge in [-0.3, -0.25) is 0 Å². The lowest BCUT2D eigenvalue weighted by molar-refractivity contribution is 0.303. The molecule has 0 unspecified atom stereocenters. The van der Waals surface area contributed by atoms with Crippen LogP contribution in [0.3, 0.4) is 0 Å². The Hall–Kier alpha value is -2.03. The fourth-order valence-corrected chi connectivity index (χ4v) is 2.55. The quantitative estimate of drug-likeness (QED) is 0.745. The number of rotatable bonds is 5. The zero-order valence-corrected chi connectivity index (χ0v) is 13.4. The lowest BCUT2D eigenvalue weighted by Crippen LogP contribution is -2.08. The highest BCUT2D eigenvalue weighted by Gasteiger charge is 2.08. The Morgan fingerprint density at radius 1 is 0.864 bits per heavy atom. The third-order valence-electron chi connectivity index (χ3n) is 3.59. The van der Waals surface area contributed by atoms with Gasteiger partial charge in [0, 0.05) is 12.1 Å². The molecule has 3 heteroatoms. The van der Waals surface area contributed by atoms with Crippen molar-refractivity contribution in [1.29, 1.82) is 0 Å². The Morgan fingerprint density at radius 3 is 2.36 bits per heavy atom. The molecule has 0 heterocycles. The van der Waals surface area contributed by atoms with E-state index >= 15 is 0 Å². The van der Waals surface area contributed by atoms with Gasteiger partial charge in [-0.15, -0.1) is 12.4 Å². The molecule has 2 nitrogen and oxygen atoms in total. The Labute approximate surface area is 137 Å². The fraction of sp³-hybridized carbons (Fsp3) is 0.158. The number of hydrogen-bond acceptors (Lipinski definition) is 2. The zero-order valence-electron chi connectivity index (χ0n) is 12.6. The van der Waals surface area contributed by atoms with E-state index in [0.717, 1.165) is 12.3 Å². The van der Waals surface area contributed by atoms with Crippen molar-refractivity contribution in [3.63, 3.8) is 0 Å². The van der Waals surface area contributed by atoms with Crippen molar-refractivity contribution in [2.75, 3.05) is 7.05 Å². The number of benzene rings is 3. The molecule has 0 aromatic heterocycles. The molecule has 0 amide bonds. The topological polar surface area (TPSA) is 21.3 Å². The normalized spacial score (nSPS) is 10.2. The van der Waals surface area contributed by atoms with Crippen molar-refractivity contribution in [3.05, 3.63) is 77.9 Å². The van der Waals surface area contributed by atoms with Crippen LogP contribution in [0.1, 0.15) is 11.1 Å².